The molecule has 3 aromatic carbocycles. The number of anilines is 1. The minimum Gasteiger partial charge on any atom is -0.486 e. The summed E-state index contributed by atoms with van der Waals surface area (Å²) in [6.07, 6.45) is 1.39. The summed E-state index contributed by atoms with van der Waals surface area (Å²) >= 11 is 12.6. The number of halogens is 2. The number of carbonyl (C=O) groups is 2. The first-order valence-corrected chi connectivity index (χ1v) is 10.4. The summed E-state index contributed by atoms with van der Waals surface area (Å²) < 4.78 is 5.67. The summed E-state index contributed by atoms with van der Waals surface area (Å²) in [5.41, 5.74) is 3.92. The first kappa shape index (κ1) is 22.3. The molecule has 0 unspecified atom stereocenters. The van der Waals surface area contributed by atoms with Crippen molar-refractivity contribution in [1.29, 1.82) is 0 Å². The van der Waals surface area contributed by atoms with Gasteiger partial charge in [-0.3, -0.25) is 25.1 Å². The van der Waals surface area contributed by atoms with Crippen molar-refractivity contribution in [3.05, 3.63) is 104 Å². The van der Waals surface area contributed by atoms with E-state index in [2.05, 4.69) is 5.43 Å². The molecule has 0 bridgehead atoms. The summed E-state index contributed by atoms with van der Waals surface area (Å²) in [4.78, 5) is 35.5. The molecule has 2 amide bonds. The van der Waals surface area contributed by atoms with Gasteiger partial charge in [0.05, 0.1) is 20.7 Å². The maximum atomic E-state index is 12.7. The lowest BCUT2D eigenvalue weighted by atomic mass is 10.1. The highest BCUT2D eigenvalue weighted by Gasteiger charge is 2.34. The molecule has 0 radical (unpaired) electrons. The summed E-state index contributed by atoms with van der Waals surface area (Å²) in [6, 6.07) is 17.7. The van der Waals surface area contributed by atoms with E-state index in [4.69, 9.17) is 27.9 Å². The SMILES string of the molecule is O=C1NN(c2ccccc2)C(=O)C1=Cc1cc(Cl)c(OCc2cccc([N+](=O)[O-])c2)c(Cl)c1. The van der Waals surface area contributed by atoms with E-state index < -0.39 is 16.7 Å². The number of hydrogen-bond donors (Lipinski definition) is 1. The van der Waals surface area contributed by atoms with Gasteiger partial charge in [-0.25, -0.2) is 5.01 Å². The van der Waals surface area contributed by atoms with Gasteiger partial charge in [0.1, 0.15) is 12.2 Å². The summed E-state index contributed by atoms with van der Waals surface area (Å²) in [5, 5.41) is 12.4. The number of para-hydroxylation sites is 1. The predicted octanol–water partition coefficient (Wildman–Crippen LogP) is 4.94. The van der Waals surface area contributed by atoms with E-state index in [9.17, 15) is 19.7 Å². The Labute approximate surface area is 198 Å². The van der Waals surface area contributed by atoms with Crippen LogP contribution in [-0.4, -0.2) is 16.7 Å². The molecule has 1 aliphatic rings. The van der Waals surface area contributed by atoms with Gasteiger partial charge < -0.3 is 4.74 Å². The number of benzene rings is 3. The molecule has 1 N–H and O–H groups in total. The Bertz CT molecular complexity index is 1270. The predicted molar refractivity (Wildman–Crippen MR) is 124 cm³/mol. The second kappa shape index (κ2) is 9.32. The molecule has 1 aliphatic heterocycles. The number of amides is 2. The van der Waals surface area contributed by atoms with E-state index >= 15 is 0 Å². The first-order chi connectivity index (χ1) is 15.8. The van der Waals surface area contributed by atoms with Crippen LogP contribution in [0.1, 0.15) is 11.1 Å². The maximum Gasteiger partial charge on any atom is 0.282 e. The molecule has 1 heterocycles. The molecule has 1 saturated heterocycles. The Hall–Kier alpha value is -3.88. The van der Waals surface area contributed by atoms with Crippen molar-refractivity contribution in [3.63, 3.8) is 0 Å². The lowest BCUT2D eigenvalue weighted by molar-refractivity contribution is -0.384. The van der Waals surface area contributed by atoms with Gasteiger partial charge in [0, 0.05) is 12.1 Å². The standard InChI is InChI=1S/C23H15Cl2N3O5/c24-19-11-15(10-18-22(29)26-27(23(18)30)16-6-2-1-3-7-16)12-20(25)21(19)33-13-14-5-4-8-17(9-14)28(31)32/h1-12H,13H2,(H,26,29). The van der Waals surface area contributed by atoms with Crippen molar-refractivity contribution >= 4 is 52.5 Å². The van der Waals surface area contributed by atoms with Crippen LogP contribution < -0.4 is 15.2 Å². The van der Waals surface area contributed by atoms with Crippen LogP contribution in [0, 0.1) is 10.1 Å². The largest absolute Gasteiger partial charge is 0.486 e. The minimum absolute atomic E-state index is 0.00842. The molecule has 0 aromatic heterocycles. The van der Waals surface area contributed by atoms with Crippen LogP contribution in [0.2, 0.25) is 10.0 Å². The Balaban J connectivity index is 1.54. The molecule has 0 aliphatic carbocycles. The van der Waals surface area contributed by atoms with Crippen LogP contribution in [0.5, 0.6) is 5.75 Å². The van der Waals surface area contributed by atoms with Crippen LogP contribution in [-0.2, 0) is 16.2 Å². The Morgan fingerprint density at radius 1 is 1.00 bits per heavy atom. The number of nitro benzene ring substituents is 1. The van der Waals surface area contributed by atoms with E-state index in [0.717, 1.165) is 5.01 Å². The molecule has 0 saturated carbocycles. The van der Waals surface area contributed by atoms with Gasteiger partial charge in [0.15, 0.2) is 5.75 Å². The molecular formula is C23H15Cl2N3O5. The zero-order chi connectivity index (χ0) is 23.5. The maximum absolute atomic E-state index is 12.7. The number of carbonyl (C=O) groups excluding carboxylic acids is 2. The smallest absolute Gasteiger partial charge is 0.282 e. The molecule has 10 heteroatoms. The quantitative estimate of drug-likeness (QED) is 0.231. The van der Waals surface area contributed by atoms with Crippen molar-refractivity contribution in [2.75, 3.05) is 5.01 Å². The molecule has 8 nitrogen and oxygen atoms in total. The van der Waals surface area contributed by atoms with Crippen LogP contribution >= 0.6 is 23.2 Å². The van der Waals surface area contributed by atoms with Crippen molar-refractivity contribution in [1.82, 2.24) is 5.43 Å². The molecule has 4 rings (SSSR count). The monoisotopic (exact) mass is 483 g/mol. The first-order valence-electron chi connectivity index (χ1n) is 9.61. The number of nitro groups is 1. The zero-order valence-corrected chi connectivity index (χ0v) is 18.3. The van der Waals surface area contributed by atoms with Crippen molar-refractivity contribution in [3.8, 4) is 5.75 Å². The zero-order valence-electron chi connectivity index (χ0n) is 16.8. The van der Waals surface area contributed by atoms with E-state index in [0.29, 0.717) is 16.8 Å². The minimum atomic E-state index is -0.554. The third kappa shape index (κ3) is 4.82. The fourth-order valence-corrected chi connectivity index (χ4v) is 3.81. The topological polar surface area (TPSA) is 102 Å². The summed E-state index contributed by atoms with van der Waals surface area (Å²) in [7, 11) is 0. The van der Waals surface area contributed by atoms with Crippen LogP contribution in [0.3, 0.4) is 0 Å². The second-order valence-electron chi connectivity index (χ2n) is 7.00. The molecule has 33 heavy (non-hydrogen) atoms. The Morgan fingerprint density at radius 2 is 1.70 bits per heavy atom. The highest BCUT2D eigenvalue weighted by atomic mass is 35.5. The van der Waals surface area contributed by atoms with Gasteiger partial charge in [0.2, 0.25) is 0 Å². The van der Waals surface area contributed by atoms with Crippen LogP contribution in [0.25, 0.3) is 6.08 Å². The number of non-ortho nitro benzene ring substituents is 1. The average molecular weight is 484 g/mol. The Kier molecular flexibility index (Phi) is 6.30. The normalized spacial score (nSPS) is 14.5. The number of nitrogens with one attached hydrogen (secondary N) is 1. The van der Waals surface area contributed by atoms with E-state index in [1.807, 2.05) is 0 Å². The van der Waals surface area contributed by atoms with Gasteiger partial charge in [-0.2, -0.15) is 0 Å². The number of nitrogens with zero attached hydrogens (tertiary/aromatic N) is 2. The summed E-state index contributed by atoms with van der Waals surface area (Å²) in [5.74, 6) is -0.883. The molecule has 1 fully saturated rings. The fraction of sp³-hybridized carbons (Fsp3) is 0.0435. The number of hydrogen-bond acceptors (Lipinski definition) is 5. The molecule has 0 atom stereocenters. The van der Waals surface area contributed by atoms with Crippen LogP contribution in [0.4, 0.5) is 11.4 Å². The Morgan fingerprint density at radius 3 is 2.36 bits per heavy atom. The number of rotatable bonds is 6. The highest BCUT2D eigenvalue weighted by molar-refractivity contribution is 6.37. The summed E-state index contributed by atoms with van der Waals surface area (Å²) in [6.45, 7) is 0.00842. The van der Waals surface area contributed by atoms with Gasteiger partial charge in [-0.15, -0.1) is 0 Å². The third-order valence-corrected chi connectivity index (χ3v) is 5.30. The van der Waals surface area contributed by atoms with E-state index in [-0.39, 0.29) is 33.7 Å². The molecular weight excluding hydrogens is 469 g/mol. The van der Waals surface area contributed by atoms with E-state index in [1.54, 1.807) is 42.5 Å². The number of hydrazine groups is 1. The van der Waals surface area contributed by atoms with Gasteiger partial charge in [-0.1, -0.05) is 53.5 Å². The lowest BCUT2D eigenvalue weighted by Gasteiger charge is -2.14. The second-order valence-corrected chi connectivity index (χ2v) is 7.82. The van der Waals surface area contributed by atoms with Crippen molar-refractivity contribution in [2.24, 2.45) is 0 Å². The number of ether oxygens (including phenoxy) is 1. The molecule has 0 spiro atoms. The van der Waals surface area contributed by atoms with Gasteiger partial charge in [0.25, 0.3) is 17.5 Å². The van der Waals surface area contributed by atoms with Gasteiger partial charge in [-0.05, 0) is 41.5 Å². The van der Waals surface area contributed by atoms with E-state index in [1.165, 1.54) is 30.3 Å². The van der Waals surface area contributed by atoms with Crippen molar-refractivity contribution in [2.45, 2.75) is 6.61 Å². The lowest BCUT2D eigenvalue weighted by Crippen LogP contribution is -2.35. The average Bonchev–Trinajstić information content (AvgIpc) is 3.07. The van der Waals surface area contributed by atoms with Crippen LogP contribution in [0.15, 0.2) is 72.3 Å². The fourth-order valence-electron chi connectivity index (χ4n) is 3.20. The van der Waals surface area contributed by atoms with Crippen molar-refractivity contribution < 1.29 is 19.2 Å². The van der Waals surface area contributed by atoms with Gasteiger partial charge >= 0.3 is 0 Å². The molecule has 3 aromatic rings. The highest BCUT2D eigenvalue weighted by Crippen LogP contribution is 2.36. The third-order valence-electron chi connectivity index (χ3n) is 4.74. The molecule has 166 valence electrons.